The van der Waals surface area contributed by atoms with Crippen LogP contribution < -0.4 is 19.1 Å². The Morgan fingerprint density at radius 1 is 1.14 bits per heavy atom. The Labute approximate surface area is 212 Å². The monoisotopic (exact) mass is 516 g/mol. The van der Waals surface area contributed by atoms with Crippen LogP contribution in [0.5, 0.6) is 16.7 Å². The Hall–Kier alpha value is -3.35. The van der Waals surface area contributed by atoms with Crippen molar-refractivity contribution in [3.8, 4) is 28.1 Å². The molecule has 0 N–H and O–H groups in total. The number of anilines is 1. The Morgan fingerprint density at radius 3 is 2.83 bits per heavy atom. The number of rotatable bonds is 7. The number of furan rings is 1. The zero-order valence-electron chi connectivity index (χ0n) is 21.9. The predicted octanol–water partition coefficient (Wildman–Crippen LogP) is 4.40. The van der Waals surface area contributed by atoms with Gasteiger partial charge in [0.1, 0.15) is 29.4 Å². The minimum absolute atomic E-state index is 0.0122. The first-order valence-corrected chi connectivity index (χ1v) is 12.5. The molecule has 1 aliphatic rings. The average molecular weight is 517 g/mol. The van der Waals surface area contributed by atoms with Gasteiger partial charge in [0.2, 0.25) is 4.96 Å². The van der Waals surface area contributed by atoms with E-state index in [1.165, 1.54) is 4.52 Å². The van der Waals surface area contributed by atoms with E-state index in [0.717, 1.165) is 45.5 Å². The molecule has 10 nitrogen and oxygen atoms in total. The summed E-state index contributed by atoms with van der Waals surface area (Å²) >= 11 is 2.69. The number of aryl methyl sites for hydroxylation is 1. The van der Waals surface area contributed by atoms with Crippen molar-refractivity contribution < 1.29 is 27.5 Å². The van der Waals surface area contributed by atoms with Gasteiger partial charge in [0.25, 0.3) is 5.19 Å². The lowest BCUT2D eigenvalue weighted by Gasteiger charge is -2.26. The third-order valence-corrected chi connectivity index (χ3v) is 7.57. The van der Waals surface area contributed by atoms with Crippen molar-refractivity contribution in [3.63, 3.8) is 0 Å². The molecule has 6 rings (SSSR count). The third kappa shape index (κ3) is 4.17. The standard InChI is InChI=1S/C23H23N5O5S2/c1-13-17(25-21(34-13)27-4-6-31-7-5-27)12-32-18-8-14(29-2)9-19-15(18)10-20(33-19)16-11-28-22(24-16)35-23(26-28)30-3/h8-11H,4-7,12H2,1-3H3/i3D3. The number of aromatic nitrogens is 4. The van der Waals surface area contributed by atoms with Gasteiger partial charge in [-0.05, 0) is 24.3 Å². The van der Waals surface area contributed by atoms with Crippen molar-refractivity contribution >= 4 is 43.7 Å². The van der Waals surface area contributed by atoms with Crippen LogP contribution in [0, 0.1) is 6.92 Å². The highest BCUT2D eigenvalue weighted by Gasteiger charge is 2.20. The first kappa shape index (κ1) is 18.9. The lowest BCUT2D eigenvalue weighted by Crippen LogP contribution is -2.36. The first-order chi connectivity index (χ1) is 18.3. The molecular weight excluding hydrogens is 490 g/mol. The van der Waals surface area contributed by atoms with Crippen molar-refractivity contribution in [2.75, 3.05) is 45.4 Å². The van der Waals surface area contributed by atoms with Crippen LogP contribution >= 0.6 is 22.7 Å². The number of nitrogens with zero attached hydrogens (tertiary/aromatic N) is 5. The zero-order valence-corrected chi connectivity index (χ0v) is 20.6. The van der Waals surface area contributed by atoms with Gasteiger partial charge < -0.3 is 28.3 Å². The SMILES string of the molecule is [2H]C([2H])([2H])Oc1nn2cc(-c3cc4c(OCc5nc(N6CCOCC6)sc5C)cc(OC)cc4o3)nc2s1. The van der Waals surface area contributed by atoms with Gasteiger partial charge in [-0.1, -0.05) is 0 Å². The van der Waals surface area contributed by atoms with E-state index < -0.39 is 7.04 Å². The molecule has 0 bridgehead atoms. The van der Waals surface area contributed by atoms with Crippen molar-refractivity contribution in [2.45, 2.75) is 13.5 Å². The van der Waals surface area contributed by atoms with Gasteiger partial charge in [0, 0.05) is 30.1 Å². The van der Waals surface area contributed by atoms with Crippen molar-refractivity contribution in [1.82, 2.24) is 19.6 Å². The molecule has 0 spiro atoms. The molecule has 5 heterocycles. The molecule has 1 aromatic carbocycles. The third-order valence-electron chi connectivity index (χ3n) is 5.70. The summed E-state index contributed by atoms with van der Waals surface area (Å²) in [4.78, 5) is 13.2. The minimum Gasteiger partial charge on any atom is -0.496 e. The van der Waals surface area contributed by atoms with Gasteiger partial charge in [0.15, 0.2) is 10.9 Å². The molecule has 0 atom stereocenters. The number of fused-ring (bicyclic) bond motifs is 2. The van der Waals surface area contributed by atoms with Crippen LogP contribution in [0.1, 0.15) is 14.7 Å². The molecule has 182 valence electrons. The molecule has 0 saturated carbocycles. The van der Waals surface area contributed by atoms with Crippen LogP contribution in [0.3, 0.4) is 0 Å². The van der Waals surface area contributed by atoms with E-state index in [9.17, 15) is 0 Å². The van der Waals surface area contributed by atoms with E-state index in [2.05, 4.69) is 15.0 Å². The summed E-state index contributed by atoms with van der Waals surface area (Å²) in [5.74, 6) is 1.70. The van der Waals surface area contributed by atoms with Gasteiger partial charge in [-0.15, -0.1) is 16.4 Å². The first-order valence-electron chi connectivity index (χ1n) is 12.3. The summed E-state index contributed by atoms with van der Waals surface area (Å²) in [7, 11) is -0.990. The number of thiazole rings is 1. The summed E-state index contributed by atoms with van der Waals surface area (Å²) in [6, 6.07) is 5.46. The van der Waals surface area contributed by atoms with Crippen LogP contribution in [0.2, 0.25) is 0 Å². The fraction of sp³-hybridized carbons (Fsp3) is 0.348. The summed E-state index contributed by atoms with van der Waals surface area (Å²) in [6.45, 7) is 5.41. The zero-order chi connectivity index (χ0) is 26.4. The number of benzene rings is 1. The molecule has 1 aliphatic heterocycles. The van der Waals surface area contributed by atoms with Crippen molar-refractivity contribution in [2.24, 2.45) is 0 Å². The number of imidazole rings is 1. The van der Waals surface area contributed by atoms with E-state index >= 15 is 0 Å². The van der Waals surface area contributed by atoms with Crippen LogP contribution in [-0.2, 0) is 11.3 Å². The lowest BCUT2D eigenvalue weighted by atomic mass is 10.2. The van der Waals surface area contributed by atoms with Gasteiger partial charge in [0.05, 0.1) is 48.8 Å². The second kappa shape index (κ2) is 9.02. The van der Waals surface area contributed by atoms with E-state index in [1.807, 2.05) is 19.1 Å². The predicted molar refractivity (Wildman–Crippen MR) is 133 cm³/mol. The van der Waals surface area contributed by atoms with Crippen LogP contribution in [0.4, 0.5) is 5.13 Å². The highest BCUT2D eigenvalue weighted by atomic mass is 32.1. The highest BCUT2D eigenvalue weighted by Crippen LogP contribution is 2.38. The summed E-state index contributed by atoms with van der Waals surface area (Å²) in [5.41, 5.74) is 2.00. The Kier molecular flexibility index (Phi) is 4.88. The van der Waals surface area contributed by atoms with E-state index in [4.69, 9.17) is 32.5 Å². The second-order valence-electron chi connectivity index (χ2n) is 7.86. The number of hydrogen-bond acceptors (Lipinski definition) is 11. The molecule has 12 heteroatoms. The molecule has 0 amide bonds. The summed E-state index contributed by atoms with van der Waals surface area (Å²) < 4.78 is 51.3. The maximum atomic E-state index is 7.24. The molecule has 0 unspecified atom stereocenters. The Bertz CT molecular complexity index is 1570. The maximum Gasteiger partial charge on any atom is 0.294 e. The number of methoxy groups -OCH3 is 2. The Morgan fingerprint density at radius 2 is 2.03 bits per heavy atom. The Balaban J connectivity index is 1.26. The quantitative estimate of drug-likeness (QED) is 0.312. The van der Waals surface area contributed by atoms with Gasteiger partial charge in [-0.3, -0.25) is 0 Å². The fourth-order valence-electron chi connectivity index (χ4n) is 3.87. The number of hydrogen-bond donors (Lipinski definition) is 0. The molecule has 1 saturated heterocycles. The normalized spacial score (nSPS) is 15.8. The van der Waals surface area contributed by atoms with Crippen LogP contribution in [0.25, 0.3) is 27.4 Å². The second-order valence-corrected chi connectivity index (χ2v) is 9.96. The van der Waals surface area contributed by atoms with Crippen molar-refractivity contribution in [3.05, 3.63) is 35.0 Å². The van der Waals surface area contributed by atoms with Crippen LogP contribution in [-0.4, -0.2) is 60.0 Å². The topological polar surface area (TPSA) is 96.4 Å². The lowest BCUT2D eigenvalue weighted by molar-refractivity contribution is 0.122. The number of ether oxygens (including phenoxy) is 4. The van der Waals surface area contributed by atoms with Gasteiger partial charge >= 0.3 is 0 Å². The molecule has 0 radical (unpaired) electrons. The molecular formula is C23H23N5O5S2. The molecule has 5 aromatic rings. The average Bonchev–Trinajstić information content (AvgIpc) is 3.64. The van der Waals surface area contributed by atoms with E-state index in [-0.39, 0.29) is 5.19 Å². The smallest absolute Gasteiger partial charge is 0.294 e. The molecule has 35 heavy (non-hydrogen) atoms. The fourth-order valence-corrected chi connectivity index (χ4v) is 5.49. The van der Waals surface area contributed by atoms with E-state index in [1.54, 1.807) is 30.7 Å². The molecule has 0 aliphatic carbocycles. The van der Waals surface area contributed by atoms with Gasteiger partial charge in [-0.2, -0.15) is 0 Å². The molecule has 4 aromatic heterocycles. The van der Waals surface area contributed by atoms with Crippen LogP contribution in [0.15, 0.2) is 28.8 Å². The highest BCUT2D eigenvalue weighted by molar-refractivity contribution is 7.18. The summed E-state index contributed by atoms with van der Waals surface area (Å²) in [5, 5.41) is 5.89. The maximum absolute atomic E-state index is 7.24. The van der Waals surface area contributed by atoms with Gasteiger partial charge in [-0.25, -0.2) is 14.5 Å². The summed E-state index contributed by atoms with van der Waals surface area (Å²) in [6.07, 6.45) is 1.65. The molecule has 1 fully saturated rings. The number of morpholine rings is 1. The largest absolute Gasteiger partial charge is 0.496 e. The minimum atomic E-state index is -2.58. The van der Waals surface area contributed by atoms with Crippen molar-refractivity contribution in [1.29, 1.82) is 0 Å². The van der Waals surface area contributed by atoms with E-state index in [0.29, 0.717) is 53.3 Å².